The predicted molar refractivity (Wildman–Crippen MR) is 130 cm³/mol. The van der Waals surface area contributed by atoms with Crippen molar-refractivity contribution in [3.63, 3.8) is 0 Å². The number of carbonyl (C=O) groups is 2. The molecule has 182 valence electrons. The number of ether oxygens (including phenoxy) is 3. The molecule has 1 N–H and O–H groups in total. The number of nitrogens with one attached hydrogen (secondary N) is 1. The van der Waals surface area contributed by atoms with Gasteiger partial charge in [0.25, 0.3) is 11.4 Å². The molecule has 1 aromatic heterocycles. The summed E-state index contributed by atoms with van der Waals surface area (Å²) in [6.07, 6.45) is -2.25. The first-order chi connectivity index (χ1) is 16.7. The van der Waals surface area contributed by atoms with E-state index in [1.54, 1.807) is 59.0 Å². The Morgan fingerprint density at radius 1 is 1.03 bits per heavy atom. The number of benzene rings is 2. The van der Waals surface area contributed by atoms with Crippen molar-refractivity contribution >= 4 is 34.5 Å². The number of aromatic nitrogens is 2. The number of aromatic amines is 1. The molecule has 1 fully saturated rings. The number of rotatable bonds is 6. The quantitative estimate of drug-likeness (QED) is 0.265. The topological polar surface area (TPSA) is 117 Å². The first-order valence-corrected chi connectivity index (χ1v) is 12.0. The highest BCUT2D eigenvalue weighted by Crippen LogP contribution is 2.50. The van der Waals surface area contributed by atoms with Crippen LogP contribution < -0.4 is 11.2 Å². The van der Waals surface area contributed by atoms with Crippen molar-refractivity contribution < 1.29 is 28.2 Å². The van der Waals surface area contributed by atoms with Crippen LogP contribution in [0.15, 0.2) is 82.5 Å². The maximum atomic E-state index is 16.2. The number of carbonyl (C=O) groups excluding carboxylic acids is 2. The minimum atomic E-state index is -2.64. The molecule has 0 spiro atoms. The summed E-state index contributed by atoms with van der Waals surface area (Å²) in [5, 5.41) is 0. The molecule has 1 aliphatic heterocycles. The van der Waals surface area contributed by atoms with Gasteiger partial charge in [-0.2, -0.15) is 0 Å². The number of alkyl halides is 2. The Bertz CT molecular complexity index is 1350. The first-order valence-electron chi connectivity index (χ1n) is 10.5. The van der Waals surface area contributed by atoms with E-state index in [1.165, 1.54) is 31.2 Å². The normalized spacial score (nSPS) is 25.7. The molecule has 11 heteroatoms. The van der Waals surface area contributed by atoms with Gasteiger partial charge in [-0.25, -0.2) is 18.8 Å². The van der Waals surface area contributed by atoms with Crippen molar-refractivity contribution in [3.8, 4) is 0 Å². The number of nitrogens with zero attached hydrogens (tertiary/aromatic N) is 1. The Morgan fingerprint density at radius 2 is 1.60 bits per heavy atom. The van der Waals surface area contributed by atoms with E-state index in [4.69, 9.17) is 14.2 Å². The zero-order valence-electron chi connectivity index (χ0n) is 18.4. The molecular formula is C24H20FIN2O7. The van der Waals surface area contributed by atoms with Crippen LogP contribution in [0, 0.1) is 0 Å². The van der Waals surface area contributed by atoms with E-state index >= 15 is 4.39 Å². The van der Waals surface area contributed by atoms with Crippen LogP contribution in [0.25, 0.3) is 0 Å². The summed E-state index contributed by atoms with van der Waals surface area (Å²) < 4.78 is 33.7. The molecule has 1 aliphatic rings. The average molecular weight is 594 g/mol. The minimum absolute atomic E-state index is 0.143. The molecule has 0 radical (unpaired) electrons. The van der Waals surface area contributed by atoms with Gasteiger partial charge in [-0.05, 0) is 31.2 Å². The smallest absolute Gasteiger partial charge is 0.338 e. The monoisotopic (exact) mass is 594 g/mol. The summed E-state index contributed by atoms with van der Waals surface area (Å²) in [4.78, 5) is 52.2. The lowest BCUT2D eigenvalue weighted by Crippen LogP contribution is -2.54. The molecule has 0 bridgehead atoms. The molecule has 9 nitrogen and oxygen atoms in total. The Balaban J connectivity index is 1.81. The van der Waals surface area contributed by atoms with Crippen LogP contribution in [0.2, 0.25) is 0 Å². The van der Waals surface area contributed by atoms with Crippen molar-refractivity contribution in [1.29, 1.82) is 0 Å². The molecule has 4 atom stereocenters. The third-order valence-electron chi connectivity index (χ3n) is 5.55. The van der Waals surface area contributed by atoms with Crippen molar-refractivity contribution in [3.05, 3.63) is 105 Å². The minimum Gasteiger partial charge on any atom is -0.448 e. The lowest BCUT2D eigenvalue weighted by molar-refractivity contribution is -0.170. The highest BCUT2D eigenvalue weighted by Gasteiger charge is 2.68. The van der Waals surface area contributed by atoms with E-state index in [1.807, 2.05) is 0 Å². The average Bonchev–Trinajstić information content (AvgIpc) is 3.07. The van der Waals surface area contributed by atoms with Crippen LogP contribution in [0.1, 0.15) is 33.9 Å². The fourth-order valence-electron chi connectivity index (χ4n) is 3.86. The van der Waals surface area contributed by atoms with Crippen LogP contribution in [0.4, 0.5) is 4.39 Å². The maximum absolute atomic E-state index is 16.2. The maximum Gasteiger partial charge on any atom is 0.338 e. The third-order valence-corrected chi connectivity index (χ3v) is 6.59. The second kappa shape index (κ2) is 9.74. The zero-order valence-corrected chi connectivity index (χ0v) is 20.5. The van der Waals surface area contributed by atoms with E-state index < -0.39 is 47.0 Å². The van der Waals surface area contributed by atoms with Crippen LogP contribution in [-0.4, -0.2) is 43.5 Å². The van der Waals surface area contributed by atoms with Gasteiger partial charge < -0.3 is 14.2 Å². The summed E-state index contributed by atoms with van der Waals surface area (Å²) in [6, 6.07) is 16.9. The van der Waals surface area contributed by atoms with E-state index in [-0.39, 0.29) is 15.6 Å². The van der Waals surface area contributed by atoms with Crippen LogP contribution in [0.5, 0.6) is 0 Å². The molecule has 2 aromatic carbocycles. The second-order valence-corrected chi connectivity index (χ2v) is 8.76. The standard InChI is InChI=1S/C24H20FIN2O7/c1-23(34-19(31)16-10-6-3-7-11-16)20(33-18(30)15-8-4-2-5-9-15)24(25,14-26)35-21(23)28-13-12-17(29)27-22(28)32/h2-13,20-21H,14H2,1H3,(H,27,29,32)/t20-,21+,23+,24+/m0/s1. The summed E-state index contributed by atoms with van der Waals surface area (Å²) in [6.45, 7) is 1.31. The highest BCUT2D eigenvalue weighted by molar-refractivity contribution is 14.1. The summed E-state index contributed by atoms with van der Waals surface area (Å²) in [5.41, 5.74) is -3.32. The van der Waals surface area contributed by atoms with Crippen molar-refractivity contribution in [2.75, 3.05) is 4.43 Å². The molecule has 0 saturated carbocycles. The fraction of sp³-hybridized carbons (Fsp3) is 0.250. The summed E-state index contributed by atoms with van der Waals surface area (Å²) >= 11 is 1.71. The van der Waals surface area contributed by atoms with Gasteiger partial charge in [-0.15, -0.1) is 0 Å². The second-order valence-electron chi connectivity index (χ2n) is 8.00. The Kier molecular flexibility index (Phi) is 6.90. The van der Waals surface area contributed by atoms with Crippen molar-refractivity contribution in [2.45, 2.75) is 30.7 Å². The van der Waals surface area contributed by atoms with E-state index in [0.29, 0.717) is 0 Å². The SMILES string of the molecule is C[C@]1(OC(=O)c2ccccc2)[C@H](n2ccc(=O)[nH]c2=O)O[C@](F)(CI)[C@H]1OC(=O)c1ccccc1. The largest absolute Gasteiger partial charge is 0.448 e. The predicted octanol–water partition coefficient (Wildman–Crippen LogP) is 3.01. The van der Waals surface area contributed by atoms with Crippen LogP contribution >= 0.6 is 22.6 Å². The zero-order chi connectivity index (χ0) is 25.2. The first kappa shape index (κ1) is 24.8. The third kappa shape index (κ3) is 4.78. The van der Waals surface area contributed by atoms with Gasteiger partial charge >= 0.3 is 17.6 Å². The van der Waals surface area contributed by atoms with E-state index in [9.17, 15) is 19.2 Å². The van der Waals surface area contributed by atoms with Gasteiger partial charge in [0.1, 0.15) is 0 Å². The van der Waals surface area contributed by atoms with Gasteiger partial charge in [0.05, 0.1) is 15.6 Å². The molecule has 2 heterocycles. The number of halogens is 2. The van der Waals surface area contributed by atoms with Gasteiger partial charge in [0.2, 0.25) is 6.10 Å². The molecule has 4 rings (SSSR count). The van der Waals surface area contributed by atoms with Gasteiger partial charge in [0, 0.05) is 12.3 Å². The molecular weight excluding hydrogens is 574 g/mol. The number of H-pyrrole nitrogens is 1. The van der Waals surface area contributed by atoms with Gasteiger partial charge in [0.15, 0.2) is 11.8 Å². The number of hydrogen-bond donors (Lipinski definition) is 1. The molecule has 0 amide bonds. The Labute approximate surface area is 212 Å². The Hall–Kier alpha value is -3.32. The lowest BCUT2D eigenvalue weighted by atomic mass is 9.94. The number of esters is 2. The molecule has 35 heavy (non-hydrogen) atoms. The summed E-state index contributed by atoms with van der Waals surface area (Å²) in [7, 11) is 0. The number of hydrogen-bond acceptors (Lipinski definition) is 7. The lowest BCUT2D eigenvalue weighted by Gasteiger charge is -2.35. The van der Waals surface area contributed by atoms with Gasteiger partial charge in [-0.1, -0.05) is 59.0 Å². The van der Waals surface area contributed by atoms with Crippen molar-refractivity contribution in [1.82, 2.24) is 9.55 Å². The van der Waals surface area contributed by atoms with E-state index in [2.05, 4.69) is 4.98 Å². The summed E-state index contributed by atoms with van der Waals surface area (Å²) in [5.74, 6) is -4.36. The Morgan fingerprint density at radius 3 is 2.14 bits per heavy atom. The van der Waals surface area contributed by atoms with Crippen LogP contribution in [-0.2, 0) is 14.2 Å². The molecule has 3 aromatic rings. The van der Waals surface area contributed by atoms with E-state index in [0.717, 1.165) is 16.8 Å². The molecule has 0 aliphatic carbocycles. The van der Waals surface area contributed by atoms with Crippen molar-refractivity contribution in [2.24, 2.45) is 0 Å². The molecule has 0 unspecified atom stereocenters. The fourth-order valence-corrected chi connectivity index (χ4v) is 4.44. The van der Waals surface area contributed by atoms with Crippen LogP contribution in [0.3, 0.4) is 0 Å². The van der Waals surface area contributed by atoms with Gasteiger partial charge in [-0.3, -0.25) is 14.3 Å². The molecule has 1 saturated heterocycles. The highest BCUT2D eigenvalue weighted by atomic mass is 127.